The van der Waals surface area contributed by atoms with Crippen LogP contribution in [0.15, 0.2) is 97.1 Å². The Morgan fingerprint density at radius 3 is 1.30 bits per heavy atom. The van der Waals surface area contributed by atoms with Gasteiger partial charge in [-0.2, -0.15) is 0 Å². The first kappa shape index (κ1) is 19.8. The van der Waals surface area contributed by atoms with Gasteiger partial charge < -0.3 is 21.3 Å². The molecule has 0 atom stereocenters. The summed E-state index contributed by atoms with van der Waals surface area (Å²) in [6.45, 7) is 2.09. The van der Waals surface area contributed by atoms with Crippen LogP contribution in [-0.4, -0.2) is 19.1 Å². The summed E-state index contributed by atoms with van der Waals surface area (Å²) in [7, 11) is 1.97. The van der Waals surface area contributed by atoms with Gasteiger partial charge in [0.25, 0.3) is 0 Å². The highest BCUT2D eigenvalue weighted by Crippen LogP contribution is 2.23. The van der Waals surface area contributed by atoms with Gasteiger partial charge in [-0.05, 0) is 74.6 Å². The van der Waals surface area contributed by atoms with Gasteiger partial charge in [-0.25, -0.2) is 0 Å². The fourth-order valence-corrected chi connectivity index (χ4v) is 3.35. The molecule has 0 saturated heterocycles. The topological polar surface area (TPSA) is 48.1 Å². The van der Waals surface area contributed by atoms with Gasteiger partial charge in [-0.15, -0.1) is 0 Å². The molecule has 0 fully saturated rings. The molecule has 30 heavy (non-hydrogen) atoms. The molecule has 152 valence electrons. The molecule has 0 aliphatic heterocycles. The normalized spacial score (nSPS) is 17.5. The first-order valence-corrected chi connectivity index (χ1v) is 10.3. The number of hydrogen-bond acceptors (Lipinski definition) is 4. The molecule has 4 nitrogen and oxygen atoms in total. The maximum atomic E-state index is 3.51. The number of anilines is 5. The smallest absolute Gasteiger partial charge is 0.0630 e. The predicted octanol–water partition coefficient (Wildman–Crippen LogP) is 5.98. The number of hydrogen-bond donors (Lipinski definition) is 4. The molecule has 3 aromatic carbocycles. The minimum absolute atomic E-state index is 0.224. The van der Waals surface area contributed by atoms with Gasteiger partial charge >= 0.3 is 0 Å². The first-order valence-electron chi connectivity index (χ1n) is 10.3. The van der Waals surface area contributed by atoms with Crippen LogP contribution >= 0.6 is 0 Å². The highest BCUT2D eigenvalue weighted by molar-refractivity contribution is 5.67. The Morgan fingerprint density at radius 1 is 0.500 bits per heavy atom. The third-order valence-corrected chi connectivity index (χ3v) is 5.12. The summed E-state index contributed by atoms with van der Waals surface area (Å²) in [5.74, 6) is 0. The summed E-state index contributed by atoms with van der Waals surface area (Å²) in [5, 5.41) is 13.6. The summed E-state index contributed by atoms with van der Waals surface area (Å²) in [6, 6.07) is 25.7. The standard InChI is InChI=1S/C26H28N4/c1-19-3-5-21(6-4-19)28-23-11-13-25(14-12-23)30-26-17-15-24(16-18-26)29-22-9-7-20(27-2)8-10-22/h3-18,20,22,27-30H,1-2H3. The molecule has 0 saturated carbocycles. The Labute approximate surface area is 178 Å². The largest absolute Gasteiger partial charge is 0.375 e. The van der Waals surface area contributed by atoms with Crippen molar-refractivity contribution in [2.45, 2.75) is 19.0 Å². The zero-order chi connectivity index (χ0) is 20.8. The Hall–Kier alpha value is -3.50. The summed E-state index contributed by atoms with van der Waals surface area (Å²) >= 11 is 0. The number of aryl methyl sites for hydroxylation is 1. The van der Waals surface area contributed by atoms with Crippen LogP contribution in [-0.2, 0) is 0 Å². The van der Waals surface area contributed by atoms with E-state index in [0.29, 0.717) is 6.04 Å². The third-order valence-electron chi connectivity index (χ3n) is 5.12. The third kappa shape index (κ3) is 5.31. The van der Waals surface area contributed by atoms with Crippen molar-refractivity contribution in [2.24, 2.45) is 0 Å². The van der Waals surface area contributed by atoms with E-state index in [9.17, 15) is 0 Å². The van der Waals surface area contributed by atoms with Crippen LogP contribution in [0.1, 0.15) is 5.56 Å². The molecular formula is C26H28N4. The van der Waals surface area contributed by atoms with Gasteiger partial charge in [-0.3, -0.25) is 0 Å². The number of nitrogens with one attached hydrogen (secondary N) is 4. The van der Waals surface area contributed by atoms with Crippen LogP contribution in [0.3, 0.4) is 0 Å². The van der Waals surface area contributed by atoms with Crippen molar-refractivity contribution in [3.05, 3.63) is 103 Å². The monoisotopic (exact) mass is 396 g/mol. The molecule has 0 radical (unpaired) electrons. The van der Waals surface area contributed by atoms with Crippen LogP contribution in [0, 0.1) is 6.92 Å². The van der Waals surface area contributed by atoms with E-state index in [1.807, 2.05) is 7.05 Å². The molecule has 3 aromatic rings. The lowest BCUT2D eigenvalue weighted by Gasteiger charge is -2.19. The van der Waals surface area contributed by atoms with Crippen molar-refractivity contribution >= 4 is 28.4 Å². The van der Waals surface area contributed by atoms with E-state index in [2.05, 4.69) is 125 Å². The lowest BCUT2D eigenvalue weighted by molar-refractivity contribution is 0.772. The maximum Gasteiger partial charge on any atom is 0.0630 e. The number of likely N-dealkylation sites (N-methyl/N-ethyl adjacent to an activating group) is 1. The lowest BCUT2D eigenvalue weighted by Crippen LogP contribution is -2.26. The fourth-order valence-electron chi connectivity index (χ4n) is 3.35. The highest BCUT2D eigenvalue weighted by Gasteiger charge is 2.07. The minimum Gasteiger partial charge on any atom is -0.375 e. The van der Waals surface area contributed by atoms with Crippen molar-refractivity contribution in [3.8, 4) is 0 Å². The zero-order valence-corrected chi connectivity index (χ0v) is 17.4. The van der Waals surface area contributed by atoms with E-state index in [0.717, 1.165) is 28.4 Å². The molecular weight excluding hydrogens is 368 g/mol. The van der Waals surface area contributed by atoms with Crippen LogP contribution < -0.4 is 21.3 Å². The molecule has 0 spiro atoms. The van der Waals surface area contributed by atoms with Crippen molar-refractivity contribution < 1.29 is 0 Å². The van der Waals surface area contributed by atoms with Crippen LogP contribution in [0.2, 0.25) is 0 Å². The van der Waals surface area contributed by atoms with Gasteiger partial charge in [0.1, 0.15) is 0 Å². The Kier molecular flexibility index (Phi) is 6.16. The summed E-state index contributed by atoms with van der Waals surface area (Å²) in [4.78, 5) is 0. The van der Waals surface area contributed by atoms with E-state index < -0.39 is 0 Å². The van der Waals surface area contributed by atoms with E-state index in [1.165, 1.54) is 5.56 Å². The highest BCUT2D eigenvalue weighted by atomic mass is 14.9. The number of rotatable bonds is 7. The van der Waals surface area contributed by atoms with Crippen molar-refractivity contribution in [1.82, 2.24) is 5.32 Å². The molecule has 0 bridgehead atoms. The quantitative estimate of drug-likeness (QED) is 0.371. The SMILES string of the molecule is CNC1C=CC(Nc2ccc(Nc3ccc(Nc4ccc(C)cc4)cc3)cc2)C=C1. The Balaban J connectivity index is 1.32. The summed E-state index contributed by atoms with van der Waals surface area (Å²) in [5.41, 5.74) is 6.63. The zero-order valence-electron chi connectivity index (χ0n) is 17.4. The molecule has 4 rings (SSSR count). The first-order chi connectivity index (χ1) is 14.7. The van der Waals surface area contributed by atoms with E-state index >= 15 is 0 Å². The average molecular weight is 397 g/mol. The van der Waals surface area contributed by atoms with E-state index in [4.69, 9.17) is 0 Å². The Bertz CT molecular complexity index is 988. The summed E-state index contributed by atoms with van der Waals surface area (Å²) < 4.78 is 0. The molecule has 1 aliphatic carbocycles. The van der Waals surface area contributed by atoms with Crippen molar-refractivity contribution in [2.75, 3.05) is 23.0 Å². The van der Waals surface area contributed by atoms with Gasteiger partial charge in [-0.1, -0.05) is 42.0 Å². The number of benzene rings is 3. The van der Waals surface area contributed by atoms with E-state index in [1.54, 1.807) is 0 Å². The minimum atomic E-state index is 0.224. The molecule has 1 aliphatic rings. The fraction of sp³-hybridized carbons (Fsp3) is 0.154. The molecule has 0 amide bonds. The second-order valence-corrected chi connectivity index (χ2v) is 7.53. The molecule has 0 unspecified atom stereocenters. The summed E-state index contributed by atoms with van der Waals surface area (Å²) in [6.07, 6.45) is 8.70. The molecule has 4 N–H and O–H groups in total. The second kappa shape index (κ2) is 9.33. The lowest BCUT2D eigenvalue weighted by atomic mass is 10.1. The molecule has 0 heterocycles. The van der Waals surface area contributed by atoms with Crippen LogP contribution in [0.4, 0.5) is 28.4 Å². The van der Waals surface area contributed by atoms with Gasteiger partial charge in [0.2, 0.25) is 0 Å². The van der Waals surface area contributed by atoms with Gasteiger partial charge in [0.05, 0.1) is 6.04 Å². The Morgan fingerprint density at radius 2 is 0.867 bits per heavy atom. The molecule has 0 aromatic heterocycles. The second-order valence-electron chi connectivity index (χ2n) is 7.53. The van der Waals surface area contributed by atoms with Gasteiger partial charge in [0, 0.05) is 34.5 Å². The van der Waals surface area contributed by atoms with Crippen LogP contribution in [0.25, 0.3) is 0 Å². The van der Waals surface area contributed by atoms with E-state index in [-0.39, 0.29) is 6.04 Å². The predicted molar refractivity (Wildman–Crippen MR) is 129 cm³/mol. The van der Waals surface area contributed by atoms with Crippen molar-refractivity contribution in [3.63, 3.8) is 0 Å². The maximum absolute atomic E-state index is 3.51. The average Bonchev–Trinajstić information content (AvgIpc) is 2.78. The molecule has 4 heteroatoms. The van der Waals surface area contributed by atoms with Crippen LogP contribution in [0.5, 0.6) is 0 Å². The van der Waals surface area contributed by atoms with Crippen molar-refractivity contribution in [1.29, 1.82) is 0 Å². The van der Waals surface area contributed by atoms with Gasteiger partial charge in [0.15, 0.2) is 0 Å².